The van der Waals surface area contributed by atoms with Crippen LogP contribution in [0.4, 0.5) is 4.79 Å². The van der Waals surface area contributed by atoms with Crippen LogP contribution in [0.1, 0.15) is 58.8 Å². The number of phenols is 2. The summed E-state index contributed by atoms with van der Waals surface area (Å²) < 4.78 is 0. The zero-order chi connectivity index (χ0) is 59.3. The molecule has 1 heterocycles. The summed E-state index contributed by atoms with van der Waals surface area (Å²) in [4.78, 5) is 139. The first kappa shape index (κ1) is 63.5. The number of carbonyl (C=O) groups is 10. The number of aliphatic hydroxyl groups is 1. The Kier molecular flexibility index (Phi) is 24.2. The predicted molar refractivity (Wildman–Crippen MR) is 299 cm³/mol. The van der Waals surface area contributed by atoms with Gasteiger partial charge in [0.15, 0.2) is 0 Å². The third-order valence-corrected chi connectivity index (χ3v) is 14.0. The number of hydrogen-bond acceptors (Lipinski definition) is 16. The Morgan fingerprint density at radius 2 is 1.17 bits per heavy atom. The van der Waals surface area contributed by atoms with Crippen LogP contribution < -0.4 is 65.5 Å². The van der Waals surface area contributed by atoms with E-state index in [4.69, 9.17) is 34.5 Å². The van der Waals surface area contributed by atoms with Crippen LogP contribution in [0.2, 0.25) is 5.02 Å². The molecule has 10 amide bonds. The fourth-order valence-electron chi connectivity index (χ4n) is 8.22. The van der Waals surface area contributed by atoms with Gasteiger partial charge in [0.1, 0.15) is 53.8 Å². The van der Waals surface area contributed by atoms with E-state index in [9.17, 15) is 63.3 Å². The first-order chi connectivity index (χ1) is 38.5. The van der Waals surface area contributed by atoms with Crippen LogP contribution in [0, 0.1) is 0 Å². The molecule has 19 N–H and O–H groups in total. The fourth-order valence-corrected chi connectivity index (χ4v) is 9.09. The molecule has 5 rings (SSSR count). The number of halogens is 1. The number of thioether (sulfide) groups is 1. The quantitative estimate of drug-likeness (QED) is 0.0465. The highest BCUT2D eigenvalue weighted by molar-refractivity contribution is 8.13. The summed E-state index contributed by atoms with van der Waals surface area (Å²) in [5.41, 5.74) is 25.2. The molecular weight excluding hydrogens is 1090 g/mol. The number of aromatic hydroxyl groups is 2. The Labute approximate surface area is 475 Å². The number of hydrogen-bond donors (Lipinski definition) is 15. The van der Waals surface area contributed by atoms with Crippen molar-refractivity contribution in [2.24, 2.45) is 22.9 Å². The van der Waals surface area contributed by atoms with Crippen LogP contribution in [0.3, 0.4) is 0 Å². The second-order valence-corrected chi connectivity index (χ2v) is 20.6. The van der Waals surface area contributed by atoms with Gasteiger partial charge in [-0.05, 0) is 110 Å². The molecule has 0 aliphatic carbocycles. The molecule has 4 aromatic carbocycles. The smallest absolute Gasteiger partial charge is 0.279 e. The largest absolute Gasteiger partial charge is 0.508 e. The van der Waals surface area contributed by atoms with Crippen LogP contribution in [0.25, 0.3) is 0 Å². The number of phenolic OH excluding ortho intramolecular Hbond substituents is 2. The number of aliphatic hydroxyl groups excluding tert-OH is 1. The summed E-state index contributed by atoms with van der Waals surface area (Å²) >= 11 is 6.45. The van der Waals surface area contributed by atoms with Crippen molar-refractivity contribution in [2.75, 3.05) is 18.8 Å². The molecule has 0 aromatic heterocycles. The van der Waals surface area contributed by atoms with E-state index < -0.39 is 125 Å². The molecule has 9 atom stereocenters. The monoisotopic (exact) mass is 1160 g/mol. The van der Waals surface area contributed by atoms with Crippen molar-refractivity contribution in [3.8, 4) is 11.5 Å². The van der Waals surface area contributed by atoms with Gasteiger partial charge in [-0.25, -0.2) is 0 Å². The Bertz CT molecular complexity index is 2870. The van der Waals surface area contributed by atoms with Crippen molar-refractivity contribution in [1.29, 1.82) is 0 Å². The van der Waals surface area contributed by atoms with E-state index in [0.29, 0.717) is 45.5 Å². The molecule has 1 saturated heterocycles. The topological polar surface area (TPSA) is 432 Å². The van der Waals surface area contributed by atoms with E-state index >= 15 is 0 Å². The standard InChI is InChI=1S/C54H67ClN12O13S/c1-28(68)44-53(79)66-43(52(78)62-39(46(59)72)23-31-9-17-35(69)18-10-31)27-81-54(80)60-26-42(65-47(73)37(57)22-29-7-15-34(55)16-8-29)51(77)64-41(25-32-11-19-36(70)20-12-32)50(76)63-40(24-30-5-13-33(14-6-30)45(58)71)49(75)61-38(48(74)67-44)4-2-3-21-56/h5-20,28,37-44,68-70H,2-4,21-27,56-57H2,1H3,(H2,58,71)(H2,59,72)(H,60,80)(H,61,75)(H,62,78)(H,63,76)(H,64,77)(H,65,73)(H,66,79)(H,67,74)/t28?,37-,38-,39+,40+,41-,42-,43-,44?/m0/s1. The average Bonchev–Trinajstić information content (AvgIpc) is 3.44. The summed E-state index contributed by atoms with van der Waals surface area (Å²) in [6.07, 6.45) is -1.98. The molecule has 1 aliphatic rings. The van der Waals surface area contributed by atoms with Gasteiger partial charge < -0.3 is 80.8 Å². The zero-order valence-corrected chi connectivity index (χ0v) is 45.6. The van der Waals surface area contributed by atoms with Crippen LogP contribution in [0.15, 0.2) is 97.1 Å². The van der Waals surface area contributed by atoms with E-state index in [2.05, 4.69) is 42.5 Å². The van der Waals surface area contributed by atoms with Gasteiger partial charge in [0, 0.05) is 42.1 Å². The van der Waals surface area contributed by atoms with Crippen LogP contribution >= 0.6 is 23.4 Å². The lowest BCUT2D eigenvalue weighted by molar-refractivity contribution is -0.136. The van der Waals surface area contributed by atoms with E-state index in [1.807, 2.05) is 0 Å². The number of primary amides is 2. The minimum absolute atomic E-state index is 0.0359. The maximum absolute atomic E-state index is 14.7. The molecule has 1 fully saturated rings. The van der Waals surface area contributed by atoms with Crippen molar-refractivity contribution >= 4 is 81.8 Å². The minimum atomic E-state index is -1.84. The van der Waals surface area contributed by atoms with Gasteiger partial charge in [-0.15, -0.1) is 0 Å². The molecule has 81 heavy (non-hydrogen) atoms. The number of carbonyl (C=O) groups excluding carboxylic acids is 10. The third-order valence-electron chi connectivity index (χ3n) is 12.8. The van der Waals surface area contributed by atoms with Gasteiger partial charge in [0.25, 0.3) is 5.24 Å². The van der Waals surface area contributed by atoms with Gasteiger partial charge in [-0.1, -0.05) is 71.9 Å². The minimum Gasteiger partial charge on any atom is -0.508 e. The molecule has 25 nitrogen and oxygen atoms in total. The van der Waals surface area contributed by atoms with E-state index in [0.717, 1.165) is 6.92 Å². The van der Waals surface area contributed by atoms with Crippen LogP contribution in [-0.2, 0) is 64.0 Å². The number of nitrogens with one attached hydrogen (secondary N) is 8. The van der Waals surface area contributed by atoms with Gasteiger partial charge in [0.2, 0.25) is 53.2 Å². The van der Waals surface area contributed by atoms with Crippen LogP contribution in [0.5, 0.6) is 11.5 Å². The number of nitrogens with two attached hydrogens (primary N) is 4. The highest BCUT2D eigenvalue weighted by Crippen LogP contribution is 2.17. The van der Waals surface area contributed by atoms with Gasteiger partial charge in [-0.3, -0.25) is 47.9 Å². The summed E-state index contributed by atoms with van der Waals surface area (Å²) in [5, 5.41) is 50.6. The zero-order valence-electron chi connectivity index (χ0n) is 44.0. The molecule has 27 heteroatoms. The summed E-state index contributed by atoms with van der Waals surface area (Å²) in [5.74, 6) is -9.63. The van der Waals surface area contributed by atoms with Crippen molar-refractivity contribution in [2.45, 2.75) is 106 Å². The molecule has 0 bridgehead atoms. The molecule has 0 radical (unpaired) electrons. The summed E-state index contributed by atoms with van der Waals surface area (Å²) in [7, 11) is 0. The predicted octanol–water partition coefficient (Wildman–Crippen LogP) is -1.71. The summed E-state index contributed by atoms with van der Waals surface area (Å²) in [6, 6.07) is 10.8. The van der Waals surface area contributed by atoms with Crippen molar-refractivity contribution in [1.82, 2.24) is 42.5 Å². The fraction of sp³-hybridized carbons (Fsp3) is 0.370. The normalized spacial score (nSPS) is 20.9. The number of unbranched alkanes of at least 4 members (excludes halogenated alkanes) is 1. The molecule has 434 valence electrons. The maximum atomic E-state index is 14.7. The highest BCUT2D eigenvalue weighted by Gasteiger charge is 2.37. The van der Waals surface area contributed by atoms with Crippen LogP contribution in [-0.4, -0.2) is 147 Å². The Hall–Kier alpha value is -8.30. The third kappa shape index (κ3) is 20.4. The van der Waals surface area contributed by atoms with Crippen molar-refractivity contribution < 1.29 is 63.3 Å². The lowest BCUT2D eigenvalue weighted by Gasteiger charge is -2.28. The maximum Gasteiger partial charge on any atom is 0.279 e. The van der Waals surface area contributed by atoms with Gasteiger partial charge in [0.05, 0.1) is 12.1 Å². The molecule has 0 spiro atoms. The first-order valence-corrected chi connectivity index (χ1v) is 27.0. The number of amides is 10. The molecule has 4 aromatic rings. The first-order valence-electron chi connectivity index (χ1n) is 25.6. The second-order valence-electron chi connectivity index (χ2n) is 19.2. The van der Waals surface area contributed by atoms with E-state index in [-0.39, 0.29) is 62.1 Å². The SMILES string of the molecule is CC(O)C1NC(=O)[C@H](CCCCN)NC(=O)[C@@H](Cc2ccc(C(N)=O)cc2)NC(=O)[C@H](Cc2ccc(O)cc2)NC(=O)[C@@H](NC(=O)[C@@H](N)Cc2ccc(Cl)cc2)CNC(=O)SC[C@@H](C(=O)N[C@H](Cc2ccc(O)cc2)C(N)=O)NC1=O. The highest BCUT2D eigenvalue weighted by atomic mass is 35.5. The van der Waals surface area contributed by atoms with Crippen molar-refractivity contribution in [3.63, 3.8) is 0 Å². The van der Waals surface area contributed by atoms with Gasteiger partial charge in [-0.2, -0.15) is 0 Å². The Balaban J connectivity index is 1.58. The Morgan fingerprint density at radius 1 is 0.667 bits per heavy atom. The number of benzene rings is 4. The van der Waals surface area contributed by atoms with Gasteiger partial charge >= 0.3 is 0 Å². The number of rotatable bonds is 19. The summed E-state index contributed by atoms with van der Waals surface area (Å²) in [6.45, 7) is 0.657. The second kappa shape index (κ2) is 30.9. The van der Waals surface area contributed by atoms with E-state index in [1.165, 1.54) is 72.8 Å². The van der Waals surface area contributed by atoms with E-state index in [1.54, 1.807) is 24.3 Å². The molecule has 1 aliphatic heterocycles. The molecule has 0 saturated carbocycles. The molecule has 2 unspecified atom stereocenters. The average molecular weight is 1160 g/mol. The lowest BCUT2D eigenvalue weighted by Crippen LogP contribution is -2.62. The Morgan fingerprint density at radius 3 is 1.72 bits per heavy atom. The lowest BCUT2D eigenvalue weighted by atomic mass is 10.00. The van der Waals surface area contributed by atoms with Crippen molar-refractivity contribution in [3.05, 3.63) is 130 Å². The molecular formula is C54H67ClN12O13S.